The number of nitrogens with one attached hydrogen (secondary N) is 1. The van der Waals surface area contributed by atoms with E-state index in [1.54, 1.807) is 18.2 Å². The number of urea groups is 1. The van der Waals surface area contributed by atoms with Crippen LogP contribution in [0.25, 0.3) is 0 Å². The highest BCUT2D eigenvalue weighted by Gasteiger charge is 2.01. The van der Waals surface area contributed by atoms with Gasteiger partial charge in [-0.3, -0.25) is 0 Å². The zero-order chi connectivity index (χ0) is 8.97. The molecule has 0 unspecified atom stereocenters. The molecule has 4 nitrogen and oxygen atoms in total. The fourth-order valence-electron chi connectivity index (χ4n) is 0.881. The Bertz CT molecular complexity index is 291. The van der Waals surface area contributed by atoms with Crippen molar-refractivity contribution in [1.82, 2.24) is 0 Å². The standard InChI is InChI=1S/C8H10N2O2.ClH/c1-12-7-5-3-2-4-6(7)10-8(9)11;/h2-5H,1H3,(H3,9,10,11);1H. The summed E-state index contributed by atoms with van der Waals surface area (Å²) in [5.74, 6) is 0.594. The Morgan fingerprint density at radius 1 is 1.46 bits per heavy atom. The number of nitrogens with two attached hydrogens (primary N) is 1. The molecule has 1 rings (SSSR count). The predicted molar refractivity (Wildman–Crippen MR) is 53.4 cm³/mol. The minimum atomic E-state index is -0.598. The summed E-state index contributed by atoms with van der Waals surface area (Å²) in [5.41, 5.74) is 5.52. The fourth-order valence-corrected chi connectivity index (χ4v) is 0.881. The van der Waals surface area contributed by atoms with Gasteiger partial charge in [-0.05, 0) is 12.1 Å². The van der Waals surface area contributed by atoms with Crippen LogP contribution in [0.4, 0.5) is 10.5 Å². The van der Waals surface area contributed by atoms with Crippen LogP contribution in [-0.4, -0.2) is 13.1 Å². The Hall–Kier alpha value is -1.42. The van der Waals surface area contributed by atoms with Crippen LogP contribution in [0.15, 0.2) is 24.3 Å². The van der Waals surface area contributed by atoms with Gasteiger partial charge in [0.15, 0.2) is 0 Å². The number of anilines is 1. The van der Waals surface area contributed by atoms with Crippen molar-refractivity contribution in [2.45, 2.75) is 0 Å². The molecule has 1 aromatic rings. The highest BCUT2D eigenvalue weighted by molar-refractivity contribution is 5.89. The molecule has 0 radical (unpaired) electrons. The first-order valence-corrected chi connectivity index (χ1v) is 3.43. The van der Waals surface area contributed by atoms with Gasteiger partial charge in [-0.15, -0.1) is 12.4 Å². The van der Waals surface area contributed by atoms with E-state index in [4.69, 9.17) is 10.5 Å². The van der Waals surface area contributed by atoms with E-state index in [1.165, 1.54) is 7.11 Å². The molecule has 3 N–H and O–H groups in total. The van der Waals surface area contributed by atoms with Crippen molar-refractivity contribution in [3.8, 4) is 5.75 Å². The topological polar surface area (TPSA) is 64.3 Å². The lowest BCUT2D eigenvalue weighted by molar-refractivity contribution is 0.259. The maximum absolute atomic E-state index is 10.5. The van der Waals surface area contributed by atoms with E-state index in [0.717, 1.165) is 0 Å². The average molecular weight is 203 g/mol. The van der Waals surface area contributed by atoms with Crippen molar-refractivity contribution in [1.29, 1.82) is 0 Å². The molecule has 0 fully saturated rings. The van der Waals surface area contributed by atoms with Crippen LogP contribution >= 0.6 is 12.4 Å². The van der Waals surface area contributed by atoms with Gasteiger partial charge in [0.05, 0.1) is 12.8 Å². The number of ether oxygens (including phenoxy) is 1. The summed E-state index contributed by atoms with van der Waals surface area (Å²) in [5, 5.41) is 2.44. The largest absolute Gasteiger partial charge is 0.495 e. The zero-order valence-electron chi connectivity index (χ0n) is 7.11. The van der Waals surface area contributed by atoms with Gasteiger partial charge in [0.25, 0.3) is 0 Å². The first-order valence-electron chi connectivity index (χ1n) is 3.43. The molecule has 0 spiro atoms. The van der Waals surface area contributed by atoms with E-state index < -0.39 is 6.03 Å². The van der Waals surface area contributed by atoms with Crippen LogP contribution in [0.5, 0.6) is 5.75 Å². The third kappa shape index (κ3) is 3.21. The van der Waals surface area contributed by atoms with Crippen LogP contribution in [0.3, 0.4) is 0 Å². The number of methoxy groups -OCH3 is 1. The SMILES string of the molecule is COc1ccccc1NC(N)=O.Cl. The zero-order valence-corrected chi connectivity index (χ0v) is 7.93. The molecule has 0 saturated carbocycles. The molecule has 72 valence electrons. The average Bonchev–Trinajstić information content (AvgIpc) is 2.04. The van der Waals surface area contributed by atoms with Crippen molar-refractivity contribution >= 4 is 24.1 Å². The summed E-state index contributed by atoms with van der Waals surface area (Å²) in [6.45, 7) is 0. The van der Waals surface area contributed by atoms with E-state index in [9.17, 15) is 4.79 Å². The van der Waals surface area contributed by atoms with Crippen molar-refractivity contribution in [2.24, 2.45) is 5.73 Å². The van der Waals surface area contributed by atoms with Gasteiger partial charge in [0.2, 0.25) is 0 Å². The number of benzene rings is 1. The summed E-state index contributed by atoms with van der Waals surface area (Å²) in [6, 6.07) is 6.45. The van der Waals surface area contributed by atoms with E-state index in [2.05, 4.69) is 5.32 Å². The van der Waals surface area contributed by atoms with Gasteiger partial charge in [-0.25, -0.2) is 4.79 Å². The molecule has 0 saturated heterocycles. The summed E-state index contributed by atoms with van der Waals surface area (Å²) < 4.78 is 4.98. The number of rotatable bonds is 2. The first kappa shape index (κ1) is 11.6. The van der Waals surface area contributed by atoms with Crippen molar-refractivity contribution in [3.63, 3.8) is 0 Å². The first-order chi connectivity index (χ1) is 5.74. The normalized spacial score (nSPS) is 8.38. The highest BCUT2D eigenvalue weighted by atomic mass is 35.5. The molecular weight excluding hydrogens is 192 g/mol. The van der Waals surface area contributed by atoms with Crippen LogP contribution in [0, 0.1) is 0 Å². The number of carbonyl (C=O) groups is 1. The summed E-state index contributed by atoms with van der Waals surface area (Å²) in [4.78, 5) is 10.5. The van der Waals surface area contributed by atoms with Gasteiger partial charge in [0.1, 0.15) is 5.75 Å². The van der Waals surface area contributed by atoms with E-state index in [0.29, 0.717) is 11.4 Å². The molecule has 0 aliphatic rings. The molecule has 0 aliphatic carbocycles. The van der Waals surface area contributed by atoms with Crippen LogP contribution in [-0.2, 0) is 0 Å². The van der Waals surface area contributed by atoms with Gasteiger partial charge in [0, 0.05) is 0 Å². The number of hydrogen-bond donors (Lipinski definition) is 2. The molecule has 0 aliphatic heterocycles. The molecule has 13 heavy (non-hydrogen) atoms. The van der Waals surface area contributed by atoms with Crippen LogP contribution in [0.1, 0.15) is 0 Å². The number of hydrogen-bond acceptors (Lipinski definition) is 2. The van der Waals surface area contributed by atoms with Crippen molar-refractivity contribution < 1.29 is 9.53 Å². The molecule has 0 bridgehead atoms. The van der Waals surface area contributed by atoms with E-state index in [1.807, 2.05) is 6.07 Å². The predicted octanol–water partition coefficient (Wildman–Crippen LogP) is 1.61. The Kier molecular flexibility index (Phi) is 4.69. The second-order valence-corrected chi connectivity index (χ2v) is 2.19. The van der Waals surface area contributed by atoms with Gasteiger partial charge in [-0.1, -0.05) is 12.1 Å². The Morgan fingerprint density at radius 2 is 2.08 bits per heavy atom. The van der Waals surface area contributed by atoms with Crippen molar-refractivity contribution in [3.05, 3.63) is 24.3 Å². The lowest BCUT2D eigenvalue weighted by Crippen LogP contribution is -2.19. The number of amides is 2. The lowest BCUT2D eigenvalue weighted by Gasteiger charge is -2.06. The van der Waals surface area contributed by atoms with Crippen LogP contribution < -0.4 is 15.8 Å². The Labute approximate surface area is 82.5 Å². The Morgan fingerprint density at radius 3 is 2.62 bits per heavy atom. The molecule has 5 heteroatoms. The minimum absolute atomic E-state index is 0. The second kappa shape index (κ2) is 5.27. The molecule has 1 aromatic carbocycles. The second-order valence-electron chi connectivity index (χ2n) is 2.19. The van der Waals surface area contributed by atoms with Crippen molar-refractivity contribution in [2.75, 3.05) is 12.4 Å². The van der Waals surface area contributed by atoms with E-state index >= 15 is 0 Å². The number of halogens is 1. The van der Waals surface area contributed by atoms with Gasteiger partial charge in [-0.2, -0.15) is 0 Å². The molecule has 0 heterocycles. The van der Waals surface area contributed by atoms with E-state index in [-0.39, 0.29) is 12.4 Å². The number of carbonyl (C=O) groups excluding carboxylic acids is 1. The summed E-state index contributed by atoms with van der Waals surface area (Å²) in [6.07, 6.45) is 0. The quantitative estimate of drug-likeness (QED) is 0.765. The number of primary amides is 1. The van der Waals surface area contributed by atoms with Gasteiger partial charge < -0.3 is 15.8 Å². The monoisotopic (exact) mass is 202 g/mol. The maximum Gasteiger partial charge on any atom is 0.316 e. The third-order valence-electron chi connectivity index (χ3n) is 1.36. The van der Waals surface area contributed by atoms with Crippen LogP contribution in [0.2, 0.25) is 0 Å². The molecule has 0 atom stereocenters. The lowest BCUT2D eigenvalue weighted by atomic mass is 10.3. The summed E-state index contributed by atoms with van der Waals surface area (Å²) >= 11 is 0. The molecular formula is C8H11ClN2O2. The molecule has 0 aromatic heterocycles. The van der Waals surface area contributed by atoms with Gasteiger partial charge >= 0.3 is 6.03 Å². The smallest absolute Gasteiger partial charge is 0.316 e. The summed E-state index contributed by atoms with van der Waals surface area (Å²) in [7, 11) is 1.53. The molecule has 2 amide bonds. The number of para-hydroxylation sites is 2. The maximum atomic E-state index is 10.5. The highest BCUT2D eigenvalue weighted by Crippen LogP contribution is 2.22. The third-order valence-corrected chi connectivity index (χ3v) is 1.36. The fraction of sp³-hybridized carbons (Fsp3) is 0.125. The minimum Gasteiger partial charge on any atom is -0.495 e. The Balaban J connectivity index is 0.00000144.